The van der Waals surface area contributed by atoms with Gasteiger partial charge >= 0.3 is 0 Å². The SMILES string of the molecule is CCCCCCc1cc(I)c(CCCCCC)cc1Br. The summed E-state index contributed by atoms with van der Waals surface area (Å²) in [6, 6.07) is 4.76. The monoisotopic (exact) mass is 450 g/mol. The average Bonchev–Trinajstić information content (AvgIpc) is 2.44. The lowest BCUT2D eigenvalue weighted by Gasteiger charge is -2.10. The highest BCUT2D eigenvalue weighted by atomic mass is 127. The normalized spacial score (nSPS) is 11.0. The molecule has 0 spiro atoms. The second-order valence-corrected chi connectivity index (χ2v) is 7.67. The molecule has 0 unspecified atom stereocenters. The summed E-state index contributed by atoms with van der Waals surface area (Å²) in [5.74, 6) is 0. The van der Waals surface area contributed by atoms with Crippen LogP contribution in [0.2, 0.25) is 0 Å². The molecule has 0 atom stereocenters. The molecular formula is C18H28BrI. The van der Waals surface area contributed by atoms with E-state index < -0.39 is 0 Å². The van der Waals surface area contributed by atoms with Crippen LogP contribution < -0.4 is 0 Å². The van der Waals surface area contributed by atoms with Crippen molar-refractivity contribution >= 4 is 38.5 Å². The van der Waals surface area contributed by atoms with Crippen molar-refractivity contribution in [1.29, 1.82) is 0 Å². The van der Waals surface area contributed by atoms with Gasteiger partial charge < -0.3 is 0 Å². The van der Waals surface area contributed by atoms with Crippen molar-refractivity contribution in [3.05, 3.63) is 31.3 Å². The smallest absolute Gasteiger partial charge is 0.0210 e. The Morgan fingerprint density at radius 3 is 1.90 bits per heavy atom. The molecule has 0 bridgehead atoms. The Kier molecular flexibility index (Phi) is 10.2. The third kappa shape index (κ3) is 6.93. The average molecular weight is 451 g/mol. The molecule has 0 heterocycles. The summed E-state index contributed by atoms with van der Waals surface area (Å²) < 4.78 is 2.77. The zero-order valence-electron chi connectivity index (χ0n) is 13.0. The minimum Gasteiger partial charge on any atom is -0.0654 e. The standard InChI is InChI=1S/C18H28BrI/c1-3-5-7-9-11-15-14-18(20)16(13-17(15)19)12-10-8-6-4-2/h13-14H,3-12H2,1-2H3. The lowest BCUT2D eigenvalue weighted by Crippen LogP contribution is -1.95. The second-order valence-electron chi connectivity index (χ2n) is 5.66. The van der Waals surface area contributed by atoms with Gasteiger partial charge in [0.15, 0.2) is 0 Å². The number of hydrogen-bond acceptors (Lipinski definition) is 0. The Balaban J connectivity index is 2.52. The van der Waals surface area contributed by atoms with E-state index in [9.17, 15) is 0 Å². The van der Waals surface area contributed by atoms with Crippen LogP contribution in [0.4, 0.5) is 0 Å². The molecule has 1 aromatic carbocycles. The van der Waals surface area contributed by atoms with Crippen molar-refractivity contribution < 1.29 is 0 Å². The van der Waals surface area contributed by atoms with E-state index in [0.29, 0.717) is 0 Å². The maximum Gasteiger partial charge on any atom is 0.0210 e. The number of hydrogen-bond donors (Lipinski definition) is 0. The van der Waals surface area contributed by atoms with E-state index in [4.69, 9.17) is 0 Å². The first-order valence-electron chi connectivity index (χ1n) is 8.15. The molecule has 0 nitrogen and oxygen atoms in total. The van der Waals surface area contributed by atoms with Gasteiger partial charge in [-0.1, -0.05) is 68.3 Å². The predicted octanol–water partition coefficient (Wildman–Crippen LogP) is 7.30. The van der Waals surface area contributed by atoms with Crippen LogP contribution in [0.15, 0.2) is 16.6 Å². The van der Waals surface area contributed by atoms with Crippen molar-refractivity contribution in [2.75, 3.05) is 0 Å². The highest BCUT2D eigenvalue weighted by molar-refractivity contribution is 14.1. The first kappa shape index (κ1) is 18.5. The molecule has 0 aliphatic carbocycles. The molecule has 0 aromatic heterocycles. The third-order valence-electron chi connectivity index (χ3n) is 3.81. The molecule has 0 saturated heterocycles. The Hall–Kier alpha value is 0.430. The van der Waals surface area contributed by atoms with Crippen LogP contribution in [0, 0.1) is 3.57 Å². The van der Waals surface area contributed by atoms with E-state index in [1.807, 2.05) is 0 Å². The molecule has 114 valence electrons. The van der Waals surface area contributed by atoms with Gasteiger partial charge in [-0.2, -0.15) is 0 Å². The fraction of sp³-hybridized carbons (Fsp3) is 0.667. The Morgan fingerprint density at radius 1 is 0.800 bits per heavy atom. The molecule has 0 N–H and O–H groups in total. The van der Waals surface area contributed by atoms with Crippen LogP contribution in [0.1, 0.15) is 76.3 Å². The van der Waals surface area contributed by atoms with Crippen LogP contribution in [0.25, 0.3) is 0 Å². The fourth-order valence-corrected chi connectivity index (χ4v) is 3.89. The molecule has 2 heteroatoms. The quantitative estimate of drug-likeness (QED) is 0.259. The van der Waals surface area contributed by atoms with Gasteiger partial charge in [-0.3, -0.25) is 0 Å². The van der Waals surface area contributed by atoms with Crippen LogP contribution in [-0.2, 0) is 12.8 Å². The Morgan fingerprint density at radius 2 is 1.35 bits per heavy atom. The number of halogens is 2. The van der Waals surface area contributed by atoms with Gasteiger partial charge in [-0.25, -0.2) is 0 Å². The Labute approximate surface area is 147 Å². The van der Waals surface area contributed by atoms with E-state index in [1.54, 1.807) is 0 Å². The zero-order chi connectivity index (χ0) is 14.8. The second kappa shape index (κ2) is 11.1. The van der Waals surface area contributed by atoms with E-state index in [-0.39, 0.29) is 0 Å². The number of benzene rings is 1. The zero-order valence-corrected chi connectivity index (χ0v) is 16.7. The highest BCUT2D eigenvalue weighted by Gasteiger charge is 2.06. The predicted molar refractivity (Wildman–Crippen MR) is 103 cm³/mol. The van der Waals surface area contributed by atoms with Gasteiger partial charge in [0.1, 0.15) is 0 Å². The van der Waals surface area contributed by atoms with Crippen molar-refractivity contribution in [3.63, 3.8) is 0 Å². The van der Waals surface area contributed by atoms with E-state index in [0.717, 1.165) is 0 Å². The van der Waals surface area contributed by atoms with Crippen LogP contribution >= 0.6 is 38.5 Å². The van der Waals surface area contributed by atoms with Crippen molar-refractivity contribution in [2.24, 2.45) is 0 Å². The van der Waals surface area contributed by atoms with Gasteiger partial charge in [0.05, 0.1) is 0 Å². The number of unbranched alkanes of at least 4 members (excludes halogenated alkanes) is 6. The molecule has 1 rings (SSSR count). The maximum absolute atomic E-state index is 3.77. The number of rotatable bonds is 10. The van der Waals surface area contributed by atoms with Crippen LogP contribution in [0.3, 0.4) is 0 Å². The molecule has 0 radical (unpaired) electrons. The first-order valence-corrected chi connectivity index (χ1v) is 10.0. The van der Waals surface area contributed by atoms with Gasteiger partial charge in [0, 0.05) is 8.04 Å². The number of aryl methyl sites for hydroxylation is 2. The largest absolute Gasteiger partial charge is 0.0654 e. The van der Waals surface area contributed by atoms with Gasteiger partial charge in [0.2, 0.25) is 0 Å². The summed E-state index contributed by atoms with van der Waals surface area (Å²) in [4.78, 5) is 0. The van der Waals surface area contributed by atoms with Gasteiger partial charge in [0.25, 0.3) is 0 Å². The summed E-state index contributed by atoms with van der Waals surface area (Å²) in [6.07, 6.45) is 13.2. The minimum absolute atomic E-state index is 1.21. The van der Waals surface area contributed by atoms with E-state index in [1.165, 1.54) is 83.4 Å². The fourth-order valence-electron chi connectivity index (χ4n) is 2.50. The lowest BCUT2D eigenvalue weighted by atomic mass is 10.0. The molecule has 0 aliphatic rings. The van der Waals surface area contributed by atoms with Crippen LogP contribution in [-0.4, -0.2) is 0 Å². The van der Waals surface area contributed by atoms with E-state index in [2.05, 4.69) is 64.5 Å². The molecule has 20 heavy (non-hydrogen) atoms. The summed E-state index contributed by atoms with van der Waals surface area (Å²) in [5.41, 5.74) is 3.01. The van der Waals surface area contributed by atoms with Crippen molar-refractivity contribution in [2.45, 2.75) is 78.1 Å². The highest BCUT2D eigenvalue weighted by Crippen LogP contribution is 2.26. The van der Waals surface area contributed by atoms with Crippen molar-refractivity contribution in [1.82, 2.24) is 0 Å². The lowest BCUT2D eigenvalue weighted by molar-refractivity contribution is 0.662. The maximum atomic E-state index is 3.77. The van der Waals surface area contributed by atoms with Crippen LogP contribution in [0.5, 0.6) is 0 Å². The summed E-state index contributed by atoms with van der Waals surface area (Å²) in [5, 5.41) is 0. The van der Waals surface area contributed by atoms with E-state index >= 15 is 0 Å². The third-order valence-corrected chi connectivity index (χ3v) is 5.56. The molecule has 0 fully saturated rings. The van der Waals surface area contributed by atoms with Crippen molar-refractivity contribution in [3.8, 4) is 0 Å². The summed E-state index contributed by atoms with van der Waals surface area (Å²) >= 11 is 6.28. The molecular weight excluding hydrogens is 423 g/mol. The minimum atomic E-state index is 1.21. The molecule has 0 aliphatic heterocycles. The molecule has 1 aromatic rings. The van der Waals surface area contributed by atoms with Gasteiger partial charge in [-0.05, 0) is 71.5 Å². The summed E-state index contributed by atoms with van der Waals surface area (Å²) in [6.45, 7) is 4.54. The Bertz CT molecular complexity index is 349. The topological polar surface area (TPSA) is 0 Å². The van der Waals surface area contributed by atoms with Gasteiger partial charge in [-0.15, -0.1) is 0 Å². The molecule has 0 amide bonds. The summed E-state index contributed by atoms with van der Waals surface area (Å²) in [7, 11) is 0. The molecule has 0 saturated carbocycles. The first-order chi connectivity index (χ1) is 9.69.